The summed E-state index contributed by atoms with van der Waals surface area (Å²) in [5.41, 5.74) is 0.372. The molecule has 9 nitrogen and oxygen atoms in total. The number of nitro groups is 1. The average molecular weight is 667 g/mol. The standard InChI is InChI=1S/C17H26NO8Si.Rf/c1-6-26-17-12-15(18(19)20)14(11-16(17)21-2)13-25-9-7-8-10-27(22-3,23-4)24-5;/h1,6,11-12H,7-10,13H2,2-5H3;. The second-order valence-electron chi connectivity index (χ2n) is 5.68. The summed E-state index contributed by atoms with van der Waals surface area (Å²) in [5, 5.41) is 11.4. The first-order valence-electron chi connectivity index (χ1n) is 8.66. The Labute approximate surface area is 160 Å². The van der Waals surface area contributed by atoms with Crippen molar-refractivity contribution in [2.24, 2.45) is 0 Å². The van der Waals surface area contributed by atoms with E-state index >= 15 is 0 Å². The van der Waals surface area contributed by atoms with Gasteiger partial charge in [0.1, 0.15) is 0 Å². The fourth-order valence-electron chi connectivity index (χ4n) is 2.53. The Bertz CT molecular complexity index is 646. The normalized spacial score (nSPS) is 11.8. The summed E-state index contributed by atoms with van der Waals surface area (Å²) in [6.45, 7) is 2.44. The molecule has 0 aliphatic rings. The Balaban J connectivity index is 2.67. The van der Waals surface area contributed by atoms with Crippen LogP contribution in [0.4, 0.5) is 5.69 Å². The zero-order valence-corrected chi connectivity index (χ0v) is 24.2. The van der Waals surface area contributed by atoms with Gasteiger partial charge in [-0.3, -0.25) is 0 Å². The maximum atomic E-state index is 11.4. The molecule has 0 amide bonds. The topological polar surface area (TPSA) is 98.5 Å². The first-order chi connectivity index (χ1) is 13.5. The van der Waals surface area contributed by atoms with Gasteiger partial charge in [0.15, 0.2) is 0 Å². The van der Waals surface area contributed by atoms with Crippen LogP contribution < -0.4 is 9.47 Å². The van der Waals surface area contributed by atoms with Gasteiger partial charge in [0.25, 0.3) is 0 Å². The molecule has 1 aromatic rings. The maximum absolute atomic E-state index is 11.4. The Morgan fingerprint density at radius 1 is 1.11 bits per heavy atom. The number of nitro benzene ring substituents is 1. The van der Waals surface area contributed by atoms with Gasteiger partial charge in [0.2, 0.25) is 0 Å². The van der Waals surface area contributed by atoms with E-state index < -0.39 is 13.7 Å². The summed E-state index contributed by atoms with van der Waals surface area (Å²) in [5.74, 6) is 0.732. The van der Waals surface area contributed by atoms with Crippen molar-refractivity contribution in [1.82, 2.24) is 0 Å². The van der Waals surface area contributed by atoms with Gasteiger partial charge in [0.05, 0.1) is 0 Å². The van der Waals surface area contributed by atoms with E-state index in [2.05, 4.69) is 0 Å². The molecule has 0 atom stereocenters. The summed E-state index contributed by atoms with van der Waals surface area (Å²) in [6.07, 6.45) is 3.08. The van der Waals surface area contributed by atoms with Crippen LogP contribution in [0.15, 0.2) is 25.0 Å². The monoisotopic (exact) mass is 667 g/mol. The molecule has 0 aliphatic carbocycles. The van der Waals surface area contributed by atoms with E-state index in [1.807, 2.05) is 6.58 Å². The molecular formula is C17H26NO8RfSi. The molecule has 28 heavy (non-hydrogen) atoms. The van der Waals surface area contributed by atoms with Crippen LogP contribution in [0.1, 0.15) is 18.4 Å². The Morgan fingerprint density at radius 3 is 2.32 bits per heavy atom. The molecule has 0 aliphatic heterocycles. The third-order valence-electron chi connectivity index (χ3n) is 4.07. The molecule has 0 bridgehead atoms. The molecule has 1 rings (SSSR count). The van der Waals surface area contributed by atoms with Gasteiger partial charge in [0, 0.05) is 27.4 Å². The van der Waals surface area contributed by atoms with Crippen molar-refractivity contribution < 1.29 is 32.4 Å². The number of methoxy groups -OCH3 is 1. The van der Waals surface area contributed by atoms with Crippen LogP contribution in [0.2, 0.25) is 6.04 Å². The summed E-state index contributed by atoms with van der Waals surface area (Å²) in [4.78, 5) is 11.0. The number of hydrogen-bond donors (Lipinski definition) is 0. The third kappa shape index (κ3) is 6.32. The van der Waals surface area contributed by atoms with E-state index in [4.69, 9.17) is 27.5 Å². The fraction of sp³-hybridized carbons (Fsp3) is 0.529. The zero-order valence-electron chi connectivity index (χ0n) is 16.8. The van der Waals surface area contributed by atoms with E-state index in [-0.39, 0.29) is 12.3 Å². The number of ether oxygens (including phenoxy) is 3. The second-order valence-corrected chi connectivity index (χ2v) is 10.9. The van der Waals surface area contributed by atoms with E-state index in [1.54, 1.807) is 27.4 Å². The summed E-state index contributed by atoms with van der Waals surface area (Å²) in [6, 6.07) is 3.62. The van der Waals surface area contributed by atoms with E-state index in [0.29, 0.717) is 29.7 Å². The van der Waals surface area contributed by atoms with Crippen LogP contribution in [0.5, 0.6) is 11.5 Å². The van der Waals surface area contributed by atoms with Crippen LogP contribution in [-0.4, -0.2) is 48.8 Å². The third-order valence-corrected chi connectivity index (χ3v) is 7.77. The SMILES string of the molecule is COc1cc(COCCCC[Si](OC)(OC)OC)c([N+](=O)[O-])cc1O/C=[CH]/[Rf]. The van der Waals surface area contributed by atoms with Gasteiger partial charge >= 0.3 is 119 Å². The molecule has 0 unspecified atom stereocenters. The number of hydrogen-bond acceptors (Lipinski definition) is 8. The van der Waals surface area contributed by atoms with E-state index in [0.717, 1.165) is 12.8 Å². The number of rotatable bonds is 14. The van der Waals surface area contributed by atoms with Gasteiger partial charge in [-0.05, 0) is 0 Å². The molecule has 0 saturated carbocycles. The van der Waals surface area contributed by atoms with Crippen molar-refractivity contribution >= 4 is 14.5 Å². The predicted octanol–water partition coefficient (Wildman–Crippen LogP) is 3.18. The predicted molar refractivity (Wildman–Crippen MR) is 99.9 cm³/mol. The quantitative estimate of drug-likeness (QED) is 0.0982. The number of nitrogens with zero attached hydrogens (tertiary/aromatic N) is 1. The zero-order chi connectivity index (χ0) is 21.0. The molecule has 0 aromatic heterocycles. The Kier molecular flexibility index (Phi) is 9.61. The first-order valence-corrected chi connectivity index (χ1v) is 14.3. The molecule has 0 heterocycles. The van der Waals surface area contributed by atoms with Gasteiger partial charge < -0.3 is 13.3 Å². The molecule has 153 valence electrons. The summed E-state index contributed by atoms with van der Waals surface area (Å²) < 4.78 is 32.8. The summed E-state index contributed by atoms with van der Waals surface area (Å²) in [7, 11) is 3.65. The molecule has 0 radical (unpaired) electrons. The molecule has 0 fully saturated rings. The molecular weight excluding hydrogens is 641 g/mol. The van der Waals surface area contributed by atoms with E-state index in [9.17, 15) is 10.1 Å². The van der Waals surface area contributed by atoms with Gasteiger partial charge in [-0.1, -0.05) is 0 Å². The van der Waals surface area contributed by atoms with Crippen molar-refractivity contribution in [3.63, 3.8) is 0 Å². The molecule has 1 aromatic carbocycles. The van der Waals surface area contributed by atoms with Gasteiger partial charge in [-0.2, -0.15) is 0 Å². The Hall–Kier alpha value is -2.98. The average Bonchev–Trinajstić information content (AvgIpc) is 2.72. The van der Waals surface area contributed by atoms with Crippen LogP contribution in [-0.2, 0) is 24.6 Å². The van der Waals surface area contributed by atoms with Crippen LogP contribution in [0, 0.1) is 10.1 Å². The summed E-state index contributed by atoms with van der Waals surface area (Å²) >= 11 is 0. The van der Waals surface area contributed by atoms with Gasteiger partial charge in [-0.15, -0.1) is 0 Å². The molecule has 0 saturated heterocycles. The van der Waals surface area contributed by atoms with Crippen LogP contribution in [0.3, 0.4) is 0 Å². The molecule has 0 N–H and O–H groups in total. The van der Waals surface area contributed by atoms with E-state index in [1.165, 1.54) is 19.4 Å². The molecule has 11 heteroatoms. The van der Waals surface area contributed by atoms with Crippen LogP contribution >= 0.6 is 0 Å². The number of benzene rings is 1. The molecule has 0 spiro atoms. The number of unbranched alkanes of at least 4 members (excludes halogenated alkanes) is 1. The van der Waals surface area contributed by atoms with Crippen molar-refractivity contribution in [3.05, 3.63) is 40.7 Å². The second kappa shape index (κ2) is 11.7. The first kappa shape index (κ1) is 23.1. The van der Waals surface area contributed by atoms with Crippen molar-refractivity contribution in [1.29, 1.82) is 0 Å². The Morgan fingerprint density at radius 2 is 1.79 bits per heavy atom. The van der Waals surface area contributed by atoms with Crippen molar-refractivity contribution in [2.45, 2.75) is 25.5 Å². The van der Waals surface area contributed by atoms with Gasteiger partial charge in [-0.25, -0.2) is 0 Å². The van der Waals surface area contributed by atoms with Crippen molar-refractivity contribution in [2.75, 3.05) is 35.0 Å². The van der Waals surface area contributed by atoms with Crippen LogP contribution in [0.25, 0.3) is 0 Å². The fourth-order valence-corrected chi connectivity index (χ4v) is 4.76. The van der Waals surface area contributed by atoms with Crippen molar-refractivity contribution in [3.8, 4) is 11.5 Å². The minimum absolute atomic E-state index is 0.0617. The minimum atomic E-state index is -2.57.